The van der Waals surface area contributed by atoms with E-state index in [2.05, 4.69) is 39.4 Å². The first-order valence-electron chi connectivity index (χ1n) is 9.10. The van der Waals surface area contributed by atoms with Crippen LogP contribution in [0.3, 0.4) is 0 Å². The van der Waals surface area contributed by atoms with Gasteiger partial charge in [0.05, 0.1) is 0 Å². The van der Waals surface area contributed by atoms with Crippen molar-refractivity contribution in [3.63, 3.8) is 0 Å². The van der Waals surface area contributed by atoms with Crippen molar-refractivity contribution in [1.29, 1.82) is 0 Å². The van der Waals surface area contributed by atoms with Gasteiger partial charge in [-0.1, -0.05) is 13.8 Å². The molecule has 0 atom stereocenters. The molecule has 1 aromatic heterocycles. The molecule has 0 amide bonds. The maximum atomic E-state index is 13.4. The minimum Gasteiger partial charge on any atom is -0.361 e. The smallest absolute Gasteiger partial charge is 0.191 e. The Balaban J connectivity index is 0.00000338. The monoisotopic (exact) mass is 475 g/mol. The van der Waals surface area contributed by atoms with Crippen molar-refractivity contribution >= 4 is 40.8 Å². The van der Waals surface area contributed by atoms with Crippen LogP contribution in [-0.4, -0.2) is 55.6 Å². The Hall–Kier alpha value is -1.35. The highest BCUT2D eigenvalue weighted by Gasteiger charge is 2.06. The number of hydrogen-bond acceptors (Lipinski definition) is 2. The molecule has 7 heteroatoms. The van der Waals surface area contributed by atoms with Gasteiger partial charge in [0.15, 0.2) is 5.96 Å². The normalized spacial score (nSPS) is 11.7. The van der Waals surface area contributed by atoms with Crippen LogP contribution in [0.15, 0.2) is 29.4 Å². The number of aromatic nitrogens is 1. The number of rotatable bonds is 9. The predicted molar refractivity (Wildman–Crippen MR) is 119 cm³/mol. The molecule has 0 fully saturated rings. The van der Waals surface area contributed by atoms with Gasteiger partial charge in [-0.15, -0.1) is 24.0 Å². The van der Waals surface area contributed by atoms with E-state index < -0.39 is 0 Å². The van der Waals surface area contributed by atoms with Gasteiger partial charge in [-0.05, 0) is 49.7 Å². The molecule has 0 spiro atoms. The third kappa shape index (κ3) is 6.75. The van der Waals surface area contributed by atoms with Crippen LogP contribution in [0.5, 0.6) is 0 Å². The van der Waals surface area contributed by atoms with Crippen molar-refractivity contribution in [1.82, 2.24) is 20.5 Å². The van der Waals surface area contributed by atoms with Gasteiger partial charge in [-0.2, -0.15) is 0 Å². The maximum absolute atomic E-state index is 13.4. The van der Waals surface area contributed by atoms with E-state index in [0.717, 1.165) is 61.6 Å². The van der Waals surface area contributed by atoms with E-state index in [1.807, 2.05) is 6.20 Å². The number of hydrogen-bond donors (Lipinski definition) is 3. The van der Waals surface area contributed by atoms with E-state index in [1.165, 1.54) is 12.5 Å². The molecule has 2 aromatic rings. The van der Waals surface area contributed by atoms with Gasteiger partial charge in [0, 0.05) is 43.8 Å². The summed E-state index contributed by atoms with van der Waals surface area (Å²) in [5.41, 5.74) is 2.08. The Morgan fingerprint density at radius 1 is 1.19 bits per heavy atom. The molecule has 2 rings (SSSR count). The number of fused-ring (bicyclic) bond motifs is 1. The minimum atomic E-state index is -0.202. The second-order valence-corrected chi connectivity index (χ2v) is 6.11. The van der Waals surface area contributed by atoms with E-state index in [4.69, 9.17) is 0 Å². The lowest BCUT2D eigenvalue weighted by Crippen LogP contribution is -2.42. The summed E-state index contributed by atoms with van der Waals surface area (Å²) in [6, 6.07) is 4.84. The molecule has 0 radical (unpaired) electrons. The molecule has 0 unspecified atom stereocenters. The van der Waals surface area contributed by atoms with Gasteiger partial charge in [-0.25, -0.2) is 4.39 Å². The Bertz CT molecular complexity index is 686. The fourth-order valence-corrected chi connectivity index (χ4v) is 2.97. The molecular weight excluding hydrogens is 444 g/mol. The van der Waals surface area contributed by atoms with Crippen LogP contribution >= 0.6 is 24.0 Å². The Morgan fingerprint density at radius 3 is 2.65 bits per heavy atom. The predicted octanol–water partition coefficient (Wildman–Crippen LogP) is 3.36. The molecule has 1 aromatic carbocycles. The standard InChI is InChI=1S/C19H30FN5.HI/c1-4-11-25(5-2)12-10-23-19(21-3)22-9-8-15-14-24-18-7-6-16(20)13-17(15)18;/h6-7,13-14,24H,4-5,8-12H2,1-3H3,(H2,21,22,23);1H. The van der Waals surface area contributed by atoms with Crippen LogP contribution in [0.4, 0.5) is 4.39 Å². The van der Waals surface area contributed by atoms with Gasteiger partial charge < -0.3 is 20.5 Å². The number of nitrogens with zero attached hydrogens (tertiary/aromatic N) is 2. The molecule has 0 bridgehead atoms. The molecule has 146 valence electrons. The molecule has 26 heavy (non-hydrogen) atoms. The fraction of sp³-hybridized carbons (Fsp3) is 0.526. The molecule has 0 aliphatic rings. The molecule has 0 saturated carbocycles. The zero-order valence-electron chi connectivity index (χ0n) is 15.9. The number of aromatic amines is 1. The third-order valence-corrected chi connectivity index (χ3v) is 4.35. The first kappa shape index (κ1) is 22.7. The number of benzene rings is 1. The second-order valence-electron chi connectivity index (χ2n) is 6.11. The van der Waals surface area contributed by atoms with Crippen molar-refractivity contribution in [2.75, 3.05) is 39.8 Å². The third-order valence-electron chi connectivity index (χ3n) is 4.35. The van der Waals surface area contributed by atoms with Crippen LogP contribution in [0.25, 0.3) is 10.9 Å². The van der Waals surface area contributed by atoms with Crippen LogP contribution in [0.1, 0.15) is 25.8 Å². The van der Waals surface area contributed by atoms with Crippen LogP contribution < -0.4 is 10.6 Å². The van der Waals surface area contributed by atoms with Gasteiger partial charge in [0.2, 0.25) is 0 Å². The minimum absolute atomic E-state index is 0. The van der Waals surface area contributed by atoms with Crippen molar-refractivity contribution < 1.29 is 4.39 Å². The molecular formula is C19H31FIN5. The van der Waals surface area contributed by atoms with Crippen LogP contribution in [0.2, 0.25) is 0 Å². The topological polar surface area (TPSA) is 55.4 Å². The Labute approximate surface area is 172 Å². The number of H-pyrrole nitrogens is 1. The molecule has 5 nitrogen and oxygen atoms in total. The summed E-state index contributed by atoms with van der Waals surface area (Å²) < 4.78 is 13.4. The highest BCUT2D eigenvalue weighted by molar-refractivity contribution is 14.0. The van der Waals surface area contributed by atoms with Gasteiger partial charge >= 0.3 is 0 Å². The van der Waals surface area contributed by atoms with E-state index >= 15 is 0 Å². The second kappa shape index (κ2) is 12.1. The average Bonchev–Trinajstić information content (AvgIpc) is 3.01. The first-order valence-corrected chi connectivity index (χ1v) is 9.10. The lowest BCUT2D eigenvalue weighted by atomic mass is 10.1. The lowest BCUT2D eigenvalue weighted by Gasteiger charge is -2.20. The van der Waals surface area contributed by atoms with Crippen molar-refractivity contribution in [3.8, 4) is 0 Å². The maximum Gasteiger partial charge on any atom is 0.191 e. The quantitative estimate of drug-likeness (QED) is 0.296. The zero-order chi connectivity index (χ0) is 18.1. The molecule has 3 N–H and O–H groups in total. The summed E-state index contributed by atoms with van der Waals surface area (Å²) >= 11 is 0. The van der Waals surface area contributed by atoms with E-state index in [0.29, 0.717) is 0 Å². The SMILES string of the molecule is CCCN(CC)CCNC(=NC)NCCc1c[nH]c2ccc(F)cc12.I. The van der Waals surface area contributed by atoms with Crippen LogP contribution in [0, 0.1) is 5.82 Å². The highest BCUT2D eigenvalue weighted by Crippen LogP contribution is 2.19. The van der Waals surface area contributed by atoms with E-state index in [-0.39, 0.29) is 29.8 Å². The number of guanidine groups is 1. The summed E-state index contributed by atoms with van der Waals surface area (Å²) in [5, 5.41) is 7.62. The highest BCUT2D eigenvalue weighted by atomic mass is 127. The van der Waals surface area contributed by atoms with E-state index in [9.17, 15) is 4.39 Å². The molecule has 0 saturated heterocycles. The van der Waals surface area contributed by atoms with Gasteiger partial charge in [0.25, 0.3) is 0 Å². The zero-order valence-corrected chi connectivity index (χ0v) is 18.3. The van der Waals surface area contributed by atoms with Gasteiger partial charge in [-0.3, -0.25) is 4.99 Å². The fourth-order valence-electron chi connectivity index (χ4n) is 2.97. The number of aliphatic imine (C=N–C) groups is 1. The van der Waals surface area contributed by atoms with E-state index in [1.54, 1.807) is 19.2 Å². The average molecular weight is 475 g/mol. The summed E-state index contributed by atoms with van der Waals surface area (Å²) in [7, 11) is 1.78. The summed E-state index contributed by atoms with van der Waals surface area (Å²) in [5.74, 6) is 0.602. The van der Waals surface area contributed by atoms with Crippen molar-refractivity contribution in [2.45, 2.75) is 26.7 Å². The number of nitrogens with one attached hydrogen (secondary N) is 3. The van der Waals surface area contributed by atoms with Gasteiger partial charge in [0.1, 0.15) is 5.82 Å². The largest absolute Gasteiger partial charge is 0.361 e. The van der Waals surface area contributed by atoms with Crippen LogP contribution in [-0.2, 0) is 6.42 Å². The molecule has 1 heterocycles. The summed E-state index contributed by atoms with van der Waals surface area (Å²) in [6.07, 6.45) is 3.93. The Morgan fingerprint density at radius 2 is 1.96 bits per heavy atom. The summed E-state index contributed by atoms with van der Waals surface area (Å²) in [6.45, 7) is 9.20. The lowest BCUT2D eigenvalue weighted by molar-refractivity contribution is 0.293. The number of halogens is 2. The summed E-state index contributed by atoms with van der Waals surface area (Å²) in [4.78, 5) is 9.86. The number of likely N-dealkylation sites (N-methyl/N-ethyl adjacent to an activating group) is 1. The Kier molecular flexibility index (Phi) is 10.6. The first-order chi connectivity index (χ1) is 12.2. The van der Waals surface area contributed by atoms with Crippen molar-refractivity contribution in [3.05, 3.63) is 35.8 Å². The van der Waals surface area contributed by atoms with Crippen molar-refractivity contribution in [2.24, 2.45) is 4.99 Å². The molecule has 0 aliphatic heterocycles. The molecule has 0 aliphatic carbocycles.